The number of hydrogen-bond acceptors (Lipinski definition) is 3. The van der Waals surface area contributed by atoms with Crippen molar-refractivity contribution in [2.24, 2.45) is 0 Å². The van der Waals surface area contributed by atoms with E-state index in [1.165, 1.54) is 6.07 Å². The fraction of sp³-hybridized carbons (Fsp3) is 0.250. The standard InChI is InChI=1S/C16H18N2O3/c1-9(2)12-6-4-5-10(3)15(12)18-16(21)11-7-13(19)17-14(20)8-11/h4-9H,1-3H3,(H,18,21)(H2,17,19,20). The summed E-state index contributed by atoms with van der Waals surface area (Å²) in [5.74, 6) is -0.498. The third-order valence-electron chi connectivity index (χ3n) is 3.26. The third kappa shape index (κ3) is 3.31. The van der Waals surface area contributed by atoms with Crippen LogP contribution in [-0.4, -0.2) is 16.0 Å². The first-order chi connectivity index (χ1) is 9.88. The molecule has 21 heavy (non-hydrogen) atoms. The number of aromatic hydroxyl groups is 1. The van der Waals surface area contributed by atoms with Gasteiger partial charge in [-0.15, -0.1) is 0 Å². The fourth-order valence-corrected chi connectivity index (χ4v) is 2.19. The quantitative estimate of drug-likeness (QED) is 0.811. The molecule has 0 bridgehead atoms. The highest BCUT2D eigenvalue weighted by Gasteiger charge is 2.14. The Morgan fingerprint density at radius 2 is 2.00 bits per heavy atom. The van der Waals surface area contributed by atoms with Crippen molar-refractivity contribution in [2.45, 2.75) is 26.7 Å². The van der Waals surface area contributed by atoms with E-state index in [0.29, 0.717) is 0 Å². The number of amides is 1. The number of hydrogen-bond donors (Lipinski definition) is 3. The molecule has 0 unspecified atom stereocenters. The summed E-state index contributed by atoms with van der Waals surface area (Å²) in [6, 6.07) is 8.20. The normalized spacial score (nSPS) is 10.7. The highest BCUT2D eigenvalue weighted by atomic mass is 16.3. The molecule has 2 rings (SSSR count). The van der Waals surface area contributed by atoms with Crippen LogP contribution >= 0.6 is 0 Å². The van der Waals surface area contributed by atoms with Crippen molar-refractivity contribution >= 4 is 11.6 Å². The molecular weight excluding hydrogens is 268 g/mol. The van der Waals surface area contributed by atoms with Gasteiger partial charge in [0.25, 0.3) is 11.5 Å². The van der Waals surface area contributed by atoms with Crippen molar-refractivity contribution in [3.63, 3.8) is 0 Å². The lowest BCUT2D eigenvalue weighted by Crippen LogP contribution is -2.17. The molecule has 0 aliphatic carbocycles. The van der Waals surface area contributed by atoms with Gasteiger partial charge in [0.2, 0.25) is 0 Å². The summed E-state index contributed by atoms with van der Waals surface area (Å²) in [4.78, 5) is 25.8. The minimum Gasteiger partial charge on any atom is -0.494 e. The van der Waals surface area contributed by atoms with Gasteiger partial charge in [0.05, 0.1) is 5.56 Å². The number of para-hydroxylation sites is 1. The number of nitrogens with one attached hydrogen (secondary N) is 2. The Morgan fingerprint density at radius 3 is 2.62 bits per heavy atom. The van der Waals surface area contributed by atoms with E-state index in [2.05, 4.69) is 10.3 Å². The first-order valence-corrected chi connectivity index (χ1v) is 6.72. The van der Waals surface area contributed by atoms with Crippen molar-refractivity contribution in [1.82, 2.24) is 4.98 Å². The van der Waals surface area contributed by atoms with Crippen LogP contribution in [-0.2, 0) is 0 Å². The van der Waals surface area contributed by atoms with Gasteiger partial charge in [-0.05, 0) is 24.0 Å². The highest BCUT2D eigenvalue weighted by molar-refractivity contribution is 6.05. The molecule has 1 heterocycles. The Balaban J connectivity index is 2.38. The highest BCUT2D eigenvalue weighted by Crippen LogP contribution is 2.27. The Bertz CT molecular complexity index is 733. The number of carbonyl (C=O) groups excluding carboxylic acids is 1. The summed E-state index contributed by atoms with van der Waals surface area (Å²) in [5.41, 5.74) is 2.32. The van der Waals surface area contributed by atoms with Gasteiger partial charge in [0, 0.05) is 17.8 Å². The maximum atomic E-state index is 12.3. The molecule has 1 amide bonds. The van der Waals surface area contributed by atoms with Crippen LogP contribution in [0.1, 0.15) is 41.3 Å². The predicted octanol–water partition coefficient (Wildman–Crippen LogP) is 2.76. The molecule has 0 saturated carbocycles. The van der Waals surface area contributed by atoms with E-state index in [1.807, 2.05) is 39.0 Å². The number of benzene rings is 1. The summed E-state index contributed by atoms with van der Waals surface area (Å²) in [5, 5.41) is 12.2. The van der Waals surface area contributed by atoms with E-state index in [1.54, 1.807) is 0 Å². The summed E-state index contributed by atoms with van der Waals surface area (Å²) in [7, 11) is 0. The zero-order chi connectivity index (χ0) is 15.6. The molecule has 5 heteroatoms. The molecule has 1 aromatic heterocycles. The van der Waals surface area contributed by atoms with Crippen molar-refractivity contribution in [1.29, 1.82) is 0 Å². The zero-order valence-corrected chi connectivity index (χ0v) is 12.2. The van der Waals surface area contributed by atoms with Gasteiger partial charge in [-0.2, -0.15) is 0 Å². The molecule has 0 spiro atoms. The molecule has 0 saturated heterocycles. The number of rotatable bonds is 3. The molecular formula is C16H18N2O3. The summed E-state index contributed by atoms with van der Waals surface area (Å²) in [6.45, 7) is 6.00. The lowest BCUT2D eigenvalue weighted by molar-refractivity contribution is 0.102. The molecule has 3 N–H and O–H groups in total. The Labute approximate surface area is 122 Å². The van der Waals surface area contributed by atoms with Crippen LogP contribution in [0.25, 0.3) is 0 Å². The number of aryl methyl sites for hydroxylation is 1. The Morgan fingerprint density at radius 1 is 1.29 bits per heavy atom. The second-order valence-electron chi connectivity index (χ2n) is 5.27. The molecule has 0 aliphatic rings. The smallest absolute Gasteiger partial charge is 0.256 e. The van der Waals surface area contributed by atoms with Crippen LogP contribution < -0.4 is 10.9 Å². The maximum absolute atomic E-state index is 12.3. The average molecular weight is 286 g/mol. The molecule has 110 valence electrons. The Hall–Kier alpha value is -2.56. The summed E-state index contributed by atoms with van der Waals surface area (Å²) >= 11 is 0. The van der Waals surface area contributed by atoms with Crippen molar-refractivity contribution in [3.8, 4) is 5.88 Å². The largest absolute Gasteiger partial charge is 0.494 e. The topological polar surface area (TPSA) is 82.2 Å². The van der Waals surface area contributed by atoms with Crippen LogP contribution in [0.3, 0.4) is 0 Å². The van der Waals surface area contributed by atoms with Crippen LogP contribution in [0, 0.1) is 6.92 Å². The van der Waals surface area contributed by atoms with Gasteiger partial charge < -0.3 is 10.4 Å². The number of pyridine rings is 1. The lowest BCUT2D eigenvalue weighted by Gasteiger charge is -2.16. The molecule has 0 fully saturated rings. The summed E-state index contributed by atoms with van der Waals surface area (Å²) in [6.07, 6.45) is 0. The van der Waals surface area contributed by atoms with Gasteiger partial charge in [0.15, 0.2) is 5.88 Å². The minimum absolute atomic E-state index is 0.120. The zero-order valence-electron chi connectivity index (χ0n) is 12.2. The molecule has 5 nitrogen and oxygen atoms in total. The molecule has 0 atom stereocenters. The van der Waals surface area contributed by atoms with Gasteiger partial charge in [0.1, 0.15) is 0 Å². The SMILES string of the molecule is Cc1cccc(C(C)C)c1NC(=O)c1cc(O)[nH]c(=O)c1. The number of anilines is 1. The Kier molecular flexibility index (Phi) is 4.12. The fourth-order valence-electron chi connectivity index (χ4n) is 2.19. The summed E-state index contributed by atoms with van der Waals surface area (Å²) < 4.78 is 0. The third-order valence-corrected chi connectivity index (χ3v) is 3.26. The van der Waals surface area contributed by atoms with Crippen LogP contribution in [0.15, 0.2) is 35.1 Å². The van der Waals surface area contributed by atoms with Crippen LogP contribution in [0.4, 0.5) is 5.69 Å². The lowest BCUT2D eigenvalue weighted by atomic mass is 9.98. The number of H-pyrrole nitrogens is 1. The van der Waals surface area contributed by atoms with E-state index in [0.717, 1.165) is 22.9 Å². The van der Waals surface area contributed by atoms with Gasteiger partial charge in [-0.25, -0.2) is 0 Å². The van der Waals surface area contributed by atoms with Gasteiger partial charge in [-0.1, -0.05) is 32.0 Å². The van der Waals surface area contributed by atoms with E-state index < -0.39 is 11.5 Å². The van der Waals surface area contributed by atoms with Crippen molar-refractivity contribution < 1.29 is 9.90 Å². The number of aromatic amines is 1. The van der Waals surface area contributed by atoms with E-state index in [9.17, 15) is 14.7 Å². The van der Waals surface area contributed by atoms with Crippen LogP contribution in [0.2, 0.25) is 0 Å². The van der Waals surface area contributed by atoms with E-state index in [4.69, 9.17) is 0 Å². The number of carbonyl (C=O) groups is 1. The van der Waals surface area contributed by atoms with E-state index in [-0.39, 0.29) is 17.4 Å². The van der Waals surface area contributed by atoms with E-state index >= 15 is 0 Å². The molecule has 1 aromatic carbocycles. The second-order valence-corrected chi connectivity index (χ2v) is 5.27. The number of aromatic nitrogens is 1. The molecule has 0 aliphatic heterocycles. The van der Waals surface area contributed by atoms with Crippen molar-refractivity contribution in [3.05, 3.63) is 57.4 Å². The molecule has 2 aromatic rings. The molecule has 0 radical (unpaired) electrons. The minimum atomic E-state index is -0.519. The van der Waals surface area contributed by atoms with Gasteiger partial charge >= 0.3 is 0 Å². The second kappa shape index (κ2) is 5.83. The first kappa shape index (κ1) is 14.8. The van der Waals surface area contributed by atoms with Gasteiger partial charge in [-0.3, -0.25) is 14.6 Å². The van der Waals surface area contributed by atoms with Crippen molar-refractivity contribution in [2.75, 3.05) is 5.32 Å². The maximum Gasteiger partial charge on any atom is 0.256 e. The average Bonchev–Trinajstić information content (AvgIpc) is 2.39. The van der Waals surface area contributed by atoms with Crippen LogP contribution in [0.5, 0.6) is 5.88 Å². The predicted molar refractivity (Wildman–Crippen MR) is 81.9 cm³/mol. The first-order valence-electron chi connectivity index (χ1n) is 6.72. The monoisotopic (exact) mass is 286 g/mol.